The van der Waals surface area contributed by atoms with E-state index < -0.39 is 0 Å². The summed E-state index contributed by atoms with van der Waals surface area (Å²) in [5.41, 5.74) is 3.58. The molecule has 0 spiro atoms. The van der Waals surface area contributed by atoms with Crippen LogP contribution < -0.4 is 4.74 Å². The van der Waals surface area contributed by atoms with E-state index in [-0.39, 0.29) is 5.97 Å². The zero-order valence-corrected chi connectivity index (χ0v) is 12.0. The zero-order chi connectivity index (χ0) is 14.5. The van der Waals surface area contributed by atoms with Crippen molar-refractivity contribution in [2.45, 2.75) is 20.5 Å². The molecule has 104 valence electrons. The molecule has 0 N–H and O–H groups in total. The van der Waals surface area contributed by atoms with Crippen molar-refractivity contribution in [2.75, 3.05) is 7.11 Å². The van der Waals surface area contributed by atoms with Gasteiger partial charge in [-0.25, -0.2) is 4.79 Å². The average Bonchev–Trinajstić information content (AvgIpc) is 2.47. The number of carbonyl (C=O) groups is 1. The van der Waals surface area contributed by atoms with Gasteiger partial charge in [-0.15, -0.1) is 0 Å². The third-order valence-electron chi connectivity index (χ3n) is 3.15. The molecule has 0 atom stereocenters. The molecule has 20 heavy (non-hydrogen) atoms. The largest absolute Gasteiger partial charge is 0.489 e. The molecule has 2 rings (SSSR count). The lowest BCUT2D eigenvalue weighted by Gasteiger charge is -2.12. The van der Waals surface area contributed by atoms with E-state index in [1.165, 1.54) is 7.11 Å². The average molecular weight is 270 g/mol. The van der Waals surface area contributed by atoms with Gasteiger partial charge in [-0.1, -0.05) is 30.3 Å². The first-order valence-electron chi connectivity index (χ1n) is 6.48. The molecule has 0 heterocycles. The Hall–Kier alpha value is -2.29. The first kappa shape index (κ1) is 14.1. The van der Waals surface area contributed by atoms with Crippen LogP contribution in [-0.2, 0) is 11.3 Å². The van der Waals surface area contributed by atoms with Gasteiger partial charge in [0.25, 0.3) is 0 Å². The number of benzene rings is 2. The third kappa shape index (κ3) is 3.18. The van der Waals surface area contributed by atoms with Crippen molar-refractivity contribution >= 4 is 5.97 Å². The number of hydrogen-bond acceptors (Lipinski definition) is 3. The molecule has 0 fully saturated rings. The molecule has 0 bridgehead atoms. The van der Waals surface area contributed by atoms with Crippen LogP contribution in [0.5, 0.6) is 5.75 Å². The highest BCUT2D eigenvalue weighted by atomic mass is 16.5. The van der Waals surface area contributed by atoms with Gasteiger partial charge in [-0.2, -0.15) is 0 Å². The minimum Gasteiger partial charge on any atom is -0.489 e. The molecule has 0 saturated heterocycles. The summed E-state index contributed by atoms with van der Waals surface area (Å²) in [5, 5.41) is 0. The predicted octanol–water partition coefficient (Wildman–Crippen LogP) is 3.67. The van der Waals surface area contributed by atoms with Crippen LogP contribution in [0, 0.1) is 13.8 Å². The smallest absolute Gasteiger partial charge is 0.338 e. The van der Waals surface area contributed by atoms with Crippen LogP contribution >= 0.6 is 0 Å². The van der Waals surface area contributed by atoms with Gasteiger partial charge in [0.2, 0.25) is 0 Å². The van der Waals surface area contributed by atoms with Crippen molar-refractivity contribution in [1.82, 2.24) is 0 Å². The zero-order valence-electron chi connectivity index (χ0n) is 12.0. The Morgan fingerprint density at radius 1 is 1.10 bits per heavy atom. The molecule has 3 heteroatoms. The molecule has 0 amide bonds. The first-order valence-corrected chi connectivity index (χ1v) is 6.48. The quantitative estimate of drug-likeness (QED) is 0.795. The van der Waals surface area contributed by atoms with Crippen molar-refractivity contribution in [3.8, 4) is 5.75 Å². The van der Waals surface area contributed by atoms with Crippen LogP contribution in [0.4, 0.5) is 0 Å². The lowest BCUT2D eigenvalue weighted by Crippen LogP contribution is -2.08. The lowest BCUT2D eigenvalue weighted by molar-refractivity contribution is 0.0597. The van der Waals surface area contributed by atoms with E-state index in [1.54, 1.807) is 6.07 Å². The van der Waals surface area contributed by atoms with Crippen molar-refractivity contribution in [3.05, 3.63) is 64.7 Å². The number of aryl methyl sites for hydroxylation is 2. The molecule has 2 aromatic carbocycles. The SMILES string of the molecule is COC(=O)c1ccccc1COc1cc(C)ccc1C. The molecular formula is C17H18O3. The number of esters is 1. The fourth-order valence-corrected chi connectivity index (χ4v) is 1.97. The summed E-state index contributed by atoms with van der Waals surface area (Å²) in [7, 11) is 1.38. The van der Waals surface area contributed by atoms with E-state index in [2.05, 4.69) is 0 Å². The standard InChI is InChI=1S/C17H18O3/c1-12-8-9-13(2)16(10-12)20-11-14-6-4-5-7-15(14)17(18)19-3/h4-10H,11H2,1-3H3. The van der Waals surface area contributed by atoms with Crippen molar-refractivity contribution < 1.29 is 14.3 Å². The minimum atomic E-state index is -0.342. The van der Waals surface area contributed by atoms with Gasteiger partial charge in [0.1, 0.15) is 12.4 Å². The molecule has 0 saturated carbocycles. The highest BCUT2D eigenvalue weighted by Gasteiger charge is 2.11. The van der Waals surface area contributed by atoms with Crippen molar-refractivity contribution in [2.24, 2.45) is 0 Å². The summed E-state index contributed by atoms with van der Waals surface area (Å²) < 4.78 is 10.6. The molecule has 0 aromatic heterocycles. The van der Waals surface area contributed by atoms with Crippen LogP contribution in [0.15, 0.2) is 42.5 Å². The maximum absolute atomic E-state index is 11.7. The van der Waals surface area contributed by atoms with E-state index in [0.717, 1.165) is 22.4 Å². The number of carbonyl (C=O) groups excluding carboxylic acids is 1. The van der Waals surface area contributed by atoms with E-state index in [4.69, 9.17) is 9.47 Å². The Kier molecular flexibility index (Phi) is 4.41. The number of methoxy groups -OCH3 is 1. The molecule has 0 unspecified atom stereocenters. The Morgan fingerprint density at radius 2 is 1.85 bits per heavy atom. The van der Waals surface area contributed by atoms with Gasteiger partial charge in [0.05, 0.1) is 12.7 Å². The highest BCUT2D eigenvalue weighted by molar-refractivity contribution is 5.90. The summed E-state index contributed by atoms with van der Waals surface area (Å²) in [6, 6.07) is 13.4. The molecular weight excluding hydrogens is 252 g/mol. The molecule has 0 aliphatic heterocycles. The summed E-state index contributed by atoms with van der Waals surface area (Å²) in [6.07, 6.45) is 0. The summed E-state index contributed by atoms with van der Waals surface area (Å²) in [5.74, 6) is 0.495. The van der Waals surface area contributed by atoms with Crippen LogP contribution in [0.25, 0.3) is 0 Å². The Morgan fingerprint density at radius 3 is 2.60 bits per heavy atom. The van der Waals surface area contributed by atoms with Gasteiger partial charge in [0.15, 0.2) is 0 Å². The topological polar surface area (TPSA) is 35.5 Å². The Bertz CT molecular complexity index is 617. The van der Waals surface area contributed by atoms with Crippen LogP contribution in [0.1, 0.15) is 27.0 Å². The van der Waals surface area contributed by atoms with Crippen molar-refractivity contribution in [3.63, 3.8) is 0 Å². The normalized spacial score (nSPS) is 10.2. The van der Waals surface area contributed by atoms with Gasteiger partial charge in [-0.05, 0) is 37.1 Å². The fourth-order valence-electron chi connectivity index (χ4n) is 1.97. The molecule has 0 radical (unpaired) electrons. The van der Waals surface area contributed by atoms with Crippen LogP contribution in [-0.4, -0.2) is 13.1 Å². The molecule has 0 aliphatic rings. The maximum Gasteiger partial charge on any atom is 0.338 e. The van der Waals surface area contributed by atoms with E-state index in [0.29, 0.717) is 12.2 Å². The second kappa shape index (κ2) is 6.24. The van der Waals surface area contributed by atoms with Crippen molar-refractivity contribution in [1.29, 1.82) is 0 Å². The predicted molar refractivity (Wildman–Crippen MR) is 78.0 cm³/mol. The fraction of sp³-hybridized carbons (Fsp3) is 0.235. The Balaban J connectivity index is 2.19. The Labute approximate surface area is 119 Å². The summed E-state index contributed by atoms with van der Waals surface area (Å²) in [6.45, 7) is 4.37. The monoisotopic (exact) mass is 270 g/mol. The number of ether oxygens (including phenoxy) is 2. The van der Waals surface area contributed by atoms with Gasteiger partial charge >= 0.3 is 5.97 Å². The highest BCUT2D eigenvalue weighted by Crippen LogP contribution is 2.21. The number of hydrogen-bond donors (Lipinski definition) is 0. The maximum atomic E-state index is 11.7. The van der Waals surface area contributed by atoms with E-state index >= 15 is 0 Å². The first-order chi connectivity index (χ1) is 9.61. The molecule has 3 nitrogen and oxygen atoms in total. The third-order valence-corrected chi connectivity index (χ3v) is 3.15. The number of rotatable bonds is 4. The summed E-state index contributed by atoms with van der Waals surface area (Å²) in [4.78, 5) is 11.7. The second-order valence-corrected chi connectivity index (χ2v) is 4.71. The van der Waals surface area contributed by atoms with Gasteiger partial charge in [0, 0.05) is 5.56 Å². The minimum absolute atomic E-state index is 0.342. The molecule has 0 aliphatic carbocycles. The lowest BCUT2D eigenvalue weighted by atomic mass is 10.1. The molecule has 2 aromatic rings. The van der Waals surface area contributed by atoms with E-state index in [9.17, 15) is 4.79 Å². The van der Waals surface area contributed by atoms with Crippen LogP contribution in [0.2, 0.25) is 0 Å². The van der Waals surface area contributed by atoms with E-state index in [1.807, 2.05) is 50.2 Å². The van der Waals surface area contributed by atoms with Gasteiger partial charge in [-0.3, -0.25) is 0 Å². The van der Waals surface area contributed by atoms with Gasteiger partial charge < -0.3 is 9.47 Å². The second-order valence-electron chi connectivity index (χ2n) is 4.71. The summed E-state index contributed by atoms with van der Waals surface area (Å²) >= 11 is 0. The van der Waals surface area contributed by atoms with Crippen LogP contribution in [0.3, 0.4) is 0 Å².